The number of benzene rings is 2. The van der Waals surface area contributed by atoms with Crippen LogP contribution in [0.3, 0.4) is 0 Å². The number of sulfonamides is 1. The first-order valence-corrected chi connectivity index (χ1v) is 8.91. The Labute approximate surface area is 126 Å². The molecule has 0 saturated heterocycles. The number of rotatable bonds is 4. The summed E-state index contributed by atoms with van der Waals surface area (Å²) in [5.74, 6) is 0.0342. The van der Waals surface area contributed by atoms with Crippen LogP contribution in [0.15, 0.2) is 54.6 Å². The third kappa shape index (κ3) is 3.52. The van der Waals surface area contributed by atoms with Gasteiger partial charge in [0.1, 0.15) is 0 Å². The largest absolute Gasteiger partial charge is 0.216 e. The Morgan fingerprint density at radius 3 is 2.52 bits per heavy atom. The molecule has 3 rings (SSSR count). The van der Waals surface area contributed by atoms with Crippen LogP contribution in [-0.2, 0) is 22.2 Å². The van der Waals surface area contributed by atoms with Crippen molar-refractivity contribution in [2.45, 2.75) is 31.1 Å². The SMILES string of the molecule is O=S(=O)(Cc1ccccc1)NC1CCCc2ccccc21. The molecule has 1 aliphatic rings. The zero-order valence-electron chi connectivity index (χ0n) is 11.8. The Morgan fingerprint density at radius 2 is 1.71 bits per heavy atom. The van der Waals surface area contributed by atoms with Crippen molar-refractivity contribution < 1.29 is 8.42 Å². The van der Waals surface area contributed by atoms with E-state index in [1.54, 1.807) is 0 Å². The summed E-state index contributed by atoms with van der Waals surface area (Å²) in [5.41, 5.74) is 3.20. The van der Waals surface area contributed by atoms with Crippen LogP contribution >= 0.6 is 0 Å². The predicted octanol–water partition coefficient (Wildman–Crippen LogP) is 3.18. The highest BCUT2D eigenvalue weighted by molar-refractivity contribution is 7.88. The van der Waals surface area contributed by atoms with Crippen molar-refractivity contribution in [2.24, 2.45) is 0 Å². The maximum Gasteiger partial charge on any atom is 0.216 e. The molecule has 2 aromatic rings. The van der Waals surface area contributed by atoms with Gasteiger partial charge < -0.3 is 0 Å². The van der Waals surface area contributed by atoms with E-state index in [0.717, 1.165) is 30.4 Å². The smallest absolute Gasteiger partial charge is 0.212 e. The van der Waals surface area contributed by atoms with E-state index in [1.807, 2.05) is 48.5 Å². The van der Waals surface area contributed by atoms with Gasteiger partial charge in [-0.05, 0) is 36.0 Å². The van der Waals surface area contributed by atoms with E-state index in [4.69, 9.17) is 0 Å². The minimum absolute atomic E-state index is 0.0342. The molecular weight excluding hydrogens is 282 g/mol. The van der Waals surface area contributed by atoms with Gasteiger partial charge in [0.05, 0.1) is 5.75 Å². The summed E-state index contributed by atoms with van der Waals surface area (Å²) < 4.78 is 27.6. The summed E-state index contributed by atoms with van der Waals surface area (Å²) >= 11 is 0. The number of nitrogens with one attached hydrogen (secondary N) is 1. The first-order valence-electron chi connectivity index (χ1n) is 7.26. The molecular formula is C17H19NO2S. The highest BCUT2D eigenvalue weighted by atomic mass is 32.2. The Kier molecular flexibility index (Phi) is 4.08. The fourth-order valence-corrected chi connectivity index (χ4v) is 4.32. The quantitative estimate of drug-likeness (QED) is 0.942. The molecule has 0 bridgehead atoms. The maximum atomic E-state index is 12.4. The Balaban J connectivity index is 1.78. The third-order valence-corrected chi connectivity index (χ3v) is 5.25. The topological polar surface area (TPSA) is 46.2 Å². The van der Waals surface area contributed by atoms with Gasteiger partial charge in [0.25, 0.3) is 0 Å². The summed E-state index contributed by atoms with van der Waals surface area (Å²) in [7, 11) is -3.33. The minimum Gasteiger partial charge on any atom is -0.212 e. The summed E-state index contributed by atoms with van der Waals surface area (Å²) in [6.07, 6.45) is 2.92. The molecule has 0 spiro atoms. The van der Waals surface area contributed by atoms with Crippen LogP contribution in [0.5, 0.6) is 0 Å². The third-order valence-electron chi connectivity index (χ3n) is 3.89. The molecule has 4 heteroatoms. The van der Waals surface area contributed by atoms with E-state index >= 15 is 0 Å². The van der Waals surface area contributed by atoms with Gasteiger partial charge in [0.15, 0.2) is 0 Å². The van der Waals surface area contributed by atoms with Crippen molar-refractivity contribution in [2.75, 3.05) is 0 Å². The number of fused-ring (bicyclic) bond motifs is 1. The molecule has 0 aromatic heterocycles. The zero-order valence-corrected chi connectivity index (χ0v) is 12.6. The van der Waals surface area contributed by atoms with Gasteiger partial charge in [-0.3, -0.25) is 0 Å². The van der Waals surface area contributed by atoms with Crippen LogP contribution in [0.25, 0.3) is 0 Å². The van der Waals surface area contributed by atoms with Crippen LogP contribution in [0.1, 0.15) is 35.6 Å². The molecule has 0 saturated carbocycles. The van der Waals surface area contributed by atoms with E-state index in [1.165, 1.54) is 5.56 Å². The van der Waals surface area contributed by atoms with Crippen molar-refractivity contribution in [3.05, 3.63) is 71.3 Å². The molecule has 0 heterocycles. The van der Waals surface area contributed by atoms with E-state index in [-0.39, 0.29) is 11.8 Å². The zero-order chi connectivity index (χ0) is 14.7. The van der Waals surface area contributed by atoms with Crippen molar-refractivity contribution in [3.63, 3.8) is 0 Å². The molecule has 0 radical (unpaired) electrons. The van der Waals surface area contributed by atoms with E-state index < -0.39 is 10.0 Å². The van der Waals surface area contributed by atoms with Gasteiger partial charge in [-0.1, -0.05) is 54.6 Å². The average Bonchev–Trinajstić information content (AvgIpc) is 2.48. The Bertz CT molecular complexity index is 711. The fraction of sp³-hybridized carbons (Fsp3) is 0.294. The lowest BCUT2D eigenvalue weighted by Crippen LogP contribution is -2.31. The van der Waals surface area contributed by atoms with E-state index in [2.05, 4.69) is 10.8 Å². The predicted molar refractivity (Wildman–Crippen MR) is 84.3 cm³/mol. The van der Waals surface area contributed by atoms with Gasteiger partial charge in [-0.25, -0.2) is 13.1 Å². The molecule has 3 nitrogen and oxygen atoms in total. The second kappa shape index (κ2) is 6.00. The first-order chi connectivity index (χ1) is 10.1. The summed E-state index contributed by atoms with van der Waals surface area (Å²) in [5, 5.41) is 0. The monoisotopic (exact) mass is 301 g/mol. The first kappa shape index (κ1) is 14.3. The summed E-state index contributed by atoms with van der Waals surface area (Å²) in [6.45, 7) is 0. The standard InChI is InChI=1S/C17H19NO2S/c19-21(20,13-14-7-2-1-3-8-14)18-17-12-6-10-15-9-4-5-11-16(15)17/h1-5,7-9,11,17-18H,6,10,12-13H2. The van der Waals surface area contributed by atoms with Crippen LogP contribution in [-0.4, -0.2) is 8.42 Å². The van der Waals surface area contributed by atoms with Crippen molar-refractivity contribution >= 4 is 10.0 Å². The lowest BCUT2D eigenvalue weighted by Gasteiger charge is -2.26. The van der Waals surface area contributed by atoms with Crippen molar-refractivity contribution in [1.82, 2.24) is 4.72 Å². The van der Waals surface area contributed by atoms with Gasteiger partial charge in [0.2, 0.25) is 10.0 Å². The molecule has 110 valence electrons. The van der Waals surface area contributed by atoms with Gasteiger partial charge in [-0.2, -0.15) is 0 Å². The molecule has 1 aliphatic carbocycles. The molecule has 21 heavy (non-hydrogen) atoms. The molecule has 1 N–H and O–H groups in total. The summed E-state index contributed by atoms with van der Waals surface area (Å²) in [4.78, 5) is 0. The molecule has 2 aromatic carbocycles. The van der Waals surface area contributed by atoms with Crippen LogP contribution in [0.4, 0.5) is 0 Å². The number of hydrogen-bond donors (Lipinski definition) is 1. The second-order valence-electron chi connectivity index (χ2n) is 5.51. The van der Waals surface area contributed by atoms with E-state index in [0.29, 0.717) is 0 Å². The average molecular weight is 301 g/mol. The highest BCUT2D eigenvalue weighted by Crippen LogP contribution is 2.30. The van der Waals surface area contributed by atoms with Crippen LogP contribution in [0, 0.1) is 0 Å². The van der Waals surface area contributed by atoms with Gasteiger partial charge >= 0.3 is 0 Å². The Morgan fingerprint density at radius 1 is 1.00 bits per heavy atom. The van der Waals surface area contributed by atoms with Gasteiger partial charge in [-0.15, -0.1) is 0 Å². The number of hydrogen-bond acceptors (Lipinski definition) is 2. The van der Waals surface area contributed by atoms with E-state index in [9.17, 15) is 8.42 Å². The molecule has 0 aliphatic heterocycles. The molecule has 0 amide bonds. The number of aryl methyl sites for hydroxylation is 1. The van der Waals surface area contributed by atoms with Crippen LogP contribution < -0.4 is 4.72 Å². The normalized spacial score (nSPS) is 18.2. The fourth-order valence-electron chi connectivity index (χ4n) is 2.93. The van der Waals surface area contributed by atoms with Crippen molar-refractivity contribution in [1.29, 1.82) is 0 Å². The lowest BCUT2D eigenvalue weighted by molar-refractivity contribution is 0.507. The molecule has 0 fully saturated rings. The lowest BCUT2D eigenvalue weighted by atomic mass is 9.88. The maximum absolute atomic E-state index is 12.4. The molecule has 1 atom stereocenters. The second-order valence-corrected chi connectivity index (χ2v) is 7.26. The van der Waals surface area contributed by atoms with Crippen LogP contribution in [0.2, 0.25) is 0 Å². The summed E-state index contributed by atoms with van der Waals surface area (Å²) in [6, 6.07) is 17.3. The highest BCUT2D eigenvalue weighted by Gasteiger charge is 2.24. The van der Waals surface area contributed by atoms with Gasteiger partial charge in [0, 0.05) is 6.04 Å². The van der Waals surface area contributed by atoms with Crippen molar-refractivity contribution in [3.8, 4) is 0 Å². The Hall–Kier alpha value is -1.65. The minimum atomic E-state index is -3.33. The molecule has 1 unspecified atom stereocenters.